The van der Waals surface area contributed by atoms with Crippen molar-refractivity contribution in [2.45, 2.75) is 76.5 Å². The van der Waals surface area contributed by atoms with Gasteiger partial charge in [-0.2, -0.15) is 11.8 Å². The fraction of sp³-hybridized carbons (Fsp3) is 1.00. The van der Waals surface area contributed by atoms with Crippen molar-refractivity contribution in [1.82, 2.24) is 5.32 Å². The zero-order valence-corrected chi connectivity index (χ0v) is 12.2. The molecule has 0 spiro atoms. The molecule has 1 N–H and O–H groups in total. The average Bonchev–Trinajstić information content (AvgIpc) is 2.71. The molecule has 0 aromatic rings. The molecule has 0 bridgehead atoms. The summed E-state index contributed by atoms with van der Waals surface area (Å²) >= 11 is 2.19. The van der Waals surface area contributed by atoms with Gasteiger partial charge in [-0.3, -0.25) is 0 Å². The molecule has 1 fully saturated rings. The molecule has 1 rings (SSSR count). The van der Waals surface area contributed by atoms with Crippen LogP contribution >= 0.6 is 11.8 Å². The van der Waals surface area contributed by atoms with Crippen LogP contribution in [0.2, 0.25) is 0 Å². The largest absolute Gasteiger partial charge is 0.313 e. The summed E-state index contributed by atoms with van der Waals surface area (Å²) in [6, 6.07) is 0.738. The molecule has 1 nitrogen and oxygen atoms in total. The molecular formula is C14H29NS. The molecule has 0 aromatic carbocycles. The number of hydrogen-bond donors (Lipinski definition) is 1. The Labute approximate surface area is 106 Å². The molecule has 1 aliphatic heterocycles. The topological polar surface area (TPSA) is 12.0 Å². The van der Waals surface area contributed by atoms with Gasteiger partial charge in [0.15, 0.2) is 0 Å². The van der Waals surface area contributed by atoms with Crippen LogP contribution in [0.15, 0.2) is 0 Å². The molecule has 0 aromatic heterocycles. The molecule has 2 unspecified atom stereocenters. The Kier molecular flexibility index (Phi) is 6.83. The first-order chi connectivity index (χ1) is 7.73. The molecule has 2 heteroatoms. The van der Waals surface area contributed by atoms with Gasteiger partial charge in [0.1, 0.15) is 0 Å². The van der Waals surface area contributed by atoms with Crippen molar-refractivity contribution in [2.24, 2.45) is 0 Å². The standard InChI is InChI=1S/C14H29NS/c1-4-6-7-8-10-13(15-5-2)14(3)11-9-12-16-14/h13,15H,4-12H2,1-3H3. The van der Waals surface area contributed by atoms with Gasteiger partial charge in [0.25, 0.3) is 0 Å². The summed E-state index contributed by atoms with van der Waals surface area (Å²) in [4.78, 5) is 0. The van der Waals surface area contributed by atoms with Crippen LogP contribution in [0.1, 0.15) is 65.7 Å². The van der Waals surface area contributed by atoms with E-state index in [-0.39, 0.29) is 0 Å². The van der Waals surface area contributed by atoms with E-state index in [1.54, 1.807) is 0 Å². The number of thioether (sulfide) groups is 1. The number of rotatable bonds is 8. The molecule has 0 amide bonds. The van der Waals surface area contributed by atoms with Crippen LogP contribution in [0.5, 0.6) is 0 Å². The molecule has 0 radical (unpaired) electrons. The number of hydrogen-bond acceptors (Lipinski definition) is 2. The minimum Gasteiger partial charge on any atom is -0.313 e. The third-order valence-corrected chi connectivity index (χ3v) is 5.42. The maximum atomic E-state index is 3.72. The van der Waals surface area contributed by atoms with E-state index < -0.39 is 0 Å². The first-order valence-corrected chi connectivity index (χ1v) is 8.09. The summed E-state index contributed by atoms with van der Waals surface area (Å²) in [7, 11) is 0. The van der Waals surface area contributed by atoms with Gasteiger partial charge >= 0.3 is 0 Å². The van der Waals surface area contributed by atoms with Crippen molar-refractivity contribution in [3.63, 3.8) is 0 Å². The Bertz CT molecular complexity index is 176. The predicted octanol–water partition coefficient (Wildman–Crippen LogP) is 4.22. The Morgan fingerprint density at radius 1 is 1.25 bits per heavy atom. The normalized spacial score (nSPS) is 27.2. The zero-order chi connectivity index (χ0) is 11.9. The van der Waals surface area contributed by atoms with Gasteiger partial charge in [0.2, 0.25) is 0 Å². The fourth-order valence-electron chi connectivity index (χ4n) is 2.72. The van der Waals surface area contributed by atoms with E-state index in [9.17, 15) is 0 Å². The van der Waals surface area contributed by atoms with E-state index in [1.165, 1.54) is 50.7 Å². The minimum absolute atomic E-state index is 0.516. The van der Waals surface area contributed by atoms with Crippen LogP contribution in [0.3, 0.4) is 0 Å². The van der Waals surface area contributed by atoms with Crippen molar-refractivity contribution < 1.29 is 0 Å². The molecular weight excluding hydrogens is 214 g/mol. The van der Waals surface area contributed by atoms with Crippen molar-refractivity contribution in [1.29, 1.82) is 0 Å². The lowest BCUT2D eigenvalue weighted by Gasteiger charge is -2.34. The summed E-state index contributed by atoms with van der Waals surface area (Å²) in [6.45, 7) is 8.12. The second kappa shape index (κ2) is 7.60. The van der Waals surface area contributed by atoms with Crippen molar-refractivity contribution >= 4 is 11.8 Å². The maximum absolute atomic E-state index is 3.72. The van der Waals surface area contributed by atoms with Crippen molar-refractivity contribution in [3.05, 3.63) is 0 Å². The fourth-order valence-corrected chi connectivity index (χ4v) is 4.17. The highest BCUT2D eigenvalue weighted by atomic mass is 32.2. The van der Waals surface area contributed by atoms with Gasteiger partial charge in [-0.25, -0.2) is 0 Å². The van der Waals surface area contributed by atoms with E-state index in [0.717, 1.165) is 12.6 Å². The molecule has 1 saturated heterocycles. The lowest BCUT2D eigenvalue weighted by atomic mass is 9.91. The van der Waals surface area contributed by atoms with Gasteiger partial charge in [-0.05, 0) is 38.5 Å². The number of unbranched alkanes of at least 4 members (excludes halogenated alkanes) is 3. The SMILES string of the molecule is CCCCCCC(NCC)C1(C)CCCS1. The molecule has 0 aliphatic carbocycles. The van der Waals surface area contributed by atoms with Crippen LogP contribution in [0.25, 0.3) is 0 Å². The monoisotopic (exact) mass is 243 g/mol. The maximum Gasteiger partial charge on any atom is 0.0285 e. The minimum atomic E-state index is 0.516. The summed E-state index contributed by atoms with van der Waals surface area (Å²) in [5.41, 5.74) is 0. The number of nitrogens with one attached hydrogen (secondary N) is 1. The van der Waals surface area contributed by atoms with Crippen LogP contribution in [0.4, 0.5) is 0 Å². The van der Waals surface area contributed by atoms with Gasteiger partial charge in [0, 0.05) is 10.8 Å². The summed E-state index contributed by atoms with van der Waals surface area (Å²) < 4.78 is 0.516. The lowest BCUT2D eigenvalue weighted by molar-refractivity contribution is 0.374. The van der Waals surface area contributed by atoms with E-state index in [4.69, 9.17) is 0 Å². The third-order valence-electron chi connectivity index (χ3n) is 3.78. The molecule has 16 heavy (non-hydrogen) atoms. The second-order valence-corrected chi connectivity index (χ2v) is 6.85. The van der Waals surface area contributed by atoms with E-state index in [1.807, 2.05) is 0 Å². The van der Waals surface area contributed by atoms with Gasteiger partial charge in [0.05, 0.1) is 0 Å². The van der Waals surface area contributed by atoms with E-state index in [2.05, 4.69) is 37.8 Å². The molecule has 1 heterocycles. The average molecular weight is 243 g/mol. The van der Waals surface area contributed by atoms with Crippen LogP contribution in [-0.4, -0.2) is 23.1 Å². The quantitative estimate of drug-likeness (QED) is 0.641. The van der Waals surface area contributed by atoms with Gasteiger partial charge < -0.3 is 5.32 Å². The summed E-state index contributed by atoms with van der Waals surface area (Å²) in [6.07, 6.45) is 9.76. The zero-order valence-electron chi connectivity index (χ0n) is 11.3. The van der Waals surface area contributed by atoms with E-state index in [0.29, 0.717) is 4.75 Å². The highest BCUT2D eigenvalue weighted by Crippen LogP contribution is 2.41. The van der Waals surface area contributed by atoms with Crippen LogP contribution in [-0.2, 0) is 0 Å². The molecule has 2 atom stereocenters. The Balaban J connectivity index is 2.34. The van der Waals surface area contributed by atoms with Crippen molar-refractivity contribution in [3.8, 4) is 0 Å². The summed E-state index contributed by atoms with van der Waals surface area (Å²) in [5, 5.41) is 3.72. The summed E-state index contributed by atoms with van der Waals surface area (Å²) in [5.74, 6) is 1.37. The first kappa shape index (κ1) is 14.4. The predicted molar refractivity (Wildman–Crippen MR) is 76.3 cm³/mol. The molecule has 96 valence electrons. The lowest BCUT2D eigenvalue weighted by Crippen LogP contribution is -2.45. The first-order valence-electron chi connectivity index (χ1n) is 7.10. The van der Waals surface area contributed by atoms with Gasteiger partial charge in [-0.1, -0.05) is 39.5 Å². The second-order valence-electron chi connectivity index (χ2n) is 5.22. The van der Waals surface area contributed by atoms with Gasteiger partial charge in [-0.15, -0.1) is 0 Å². The van der Waals surface area contributed by atoms with Crippen molar-refractivity contribution in [2.75, 3.05) is 12.3 Å². The van der Waals surface area contributed by atoms with E-state index >= 15 is 0 Å². The highest BCUT2D eigenvalue weighted by Gasteiger charge is 2.36. The smallest absolute Gasteiger partial charge is 0.0285 e. The Morgan fingerprint density at radius 3 is 2.62 bits per heavy atom. The third kappa shape index (κ3) is 4.29. The van der Waals surface area contributed by atoms with Crippen LogP contribution < -0.4 is 5.32 Å². The Morgan fingerprint density at radius 2 is 2.06 bits per heavy atom. The molecule has 1 aliphatic rings. The highest BCUT2D eigenvalue weighted by molar-refractivity contribution is 8.00. The molecule has 0 saturated carbocycles. The van der Waals surface area contributed by atoms with Crippen LogP contribution in [0, 0.1) is 0 Å². The Hall–Kier alpha value is 0.310.